The number of fused-ring (bicyclic) bond motifs is 1. The highest BCUT2D eigenvalue weighted by Crippen LogP contribution is 2.29. The molecular formula is C26H28ClN3O2. The van der Waals surface area contributed by atoms with Crippen molar-refractivity contribution in [1.82, 2.24) is 9.88 Å². The molecule has 2 aromatic carbocycles. The number of hydrogen-bond donors (Lipinski definition) is 1. The van der Waals surface area contributed by atoms with Crippen LogP contribution in [0.1, 0.15) is 45.5 Å². The molecule has 4 rings (SSSR count). The largest absolute Gasteiger partial charge is 0.381 e. The Balaban J connectivity index is 1.71. The maximum absolute atomic E-state index is 13.6. The Labute approximate surface area is 193 Å². The summed E-state index contributed by atoms with van der Waals surface area (Å²) in [6.45, 7) is 5.28. The molecule has 32 heavy (non-hydrogen) atoms. The first-order chi connectivity index (χ1) is 15.5. The van der Waals surface area contributed by atoms with Crippen LogP contribution in [-0.2, 0) is 17.6 Å². The van der Waals surface area contributed by atoms with Crippen LogP contribution in [0.15, 0.2) is 42.6 Å². The van der Waals surface area contributed by atoms with Gasteiger partial charge in [-0.05, 0) is 84.7 Å². The van der Waals surface area contributed by atoms with E-state index in [0.717, 1.165) is 58.7 Å². The fraction of sp³-hybridized carbons (Fsp3) is 0.346. The third-order valence-electron chi connectivity index (χ3n) is 6.43. The summed E-state index contributed by atoms with van der Waals surface area (Å²) in [6, 6.07) is 12.2. The van der Waals surface area contributed by atoms with Gasteiger partial charge in [0.1, 0.15) is 5.15 Å². The molecule has 6 heteroatoms. The predicted octanol–water partition coefficient (Wildman–Crippen LogP) is 5.52. The molecule has 0 unspecified atom stereocenters. The number of pyridine rings is 1. The highest BCUT2D eigenvalue weighted by atomic mass is 35.5. The molecule has 0 atom stereocenters. The van der Waals surface area contributed by atoms with Crippen molar-refractivity contribution in [3.05, 3.63) is 75.6 Å². The van der Waals surface area contributed by atoms with E-state index in [2.05, 4.69) is 17.1 Å². The minimum absolute atomic E-state index is 0.00433. The fourth-order valence-corrected chi connectivity index (χ4v) is 4.71. The summed E-state index contributed by atoms with van der Waals surface area (Å²) in [4.78, 5) is 19.3. The van der Waals surface area contributed by atoms with Crippen LogP contribution >= 0.6 is 11.6 Å². The summed E-state index contributed by atoms with van der Waals surface area (Å²) >= 11 is 6.11. The Morgan fingerprint density at radius 1 is 1.16 bits per heavy atom. The highest BCUT2D eigenvalue weighted by molar-refractivity contribution is 6.29. The van der Waals surface area contributed by atoms with Crippen LogP contribution in [0, 0.1) is 19.3 Å². The third-order valence-corrected chi connectivity index (χ3v) is 6.64. The Morgan fingerprint density at radius 2 is 1.84 bits per heavy atom. The average molecular weight is 450 g/mol. The van der Waals surface area contributed by atoms with Gasteiger partial charge in [-0.3, -0.25) is 15.1 Å². The van der Waals surface area contributed by atoms with Crippen molar-refractivity contribution in [2.45, 2.75) is 45.6 Å². The molecule has 1 N–H and O–H groups in total. The van der Waals surface area contributed by atoms with Crippen LogP contribution in [0.2, 0.25) is 5.15 Å². The number of benzene rings is 2. The normalized spacial score (nSPS) is 14.5. The number of rotatable bonds is 6. The van der Waals surface area contributed by atoms with Crippen LogP contribution in [0.25, 0.3) is 10.8 Å². The molecule has 1 amide bonds. The van der Waals surface area contributed by atoms with Gasteiger partial charge in [0.2, 0.25) is 0 Å². The molecule has 0 radical (unpaired) electrons. The van der Waals surface area contributed by atoms with Crippen molar-refractivity contribution in [1.29, 1.82) is 5.41 Å². The Bertz CT molecular complexity index is 1160. The average Bonchev–Trinajstić information content (AvgIpc) is 2.82. The molecule has 1 aromatic heterocycles. The zero-order valence-electron chi connectivity index (χ0n) is 18.5. The number of nitrogens with zero attached hydrogens (tertiary/aromatic N) is 2. The first kappa shape index (κ1) is 22.4. The zero-order valence-corrected chi connectivity index (χ0v) is 19.3. The number of hydrogen-bond acceptors (Lipinski definition) is 4. The van der Waals surface area contributed by atoms with Gasteiger partial charge in [-0.2, -0.15) is 0 Å². The van der Waals surface area contributed by atoms with Gasteiger partial charge >= 0.3 is 0 Å². The SMILES string of the molecule is Cc1cnc(Cl)cc1CCc1cc(C(=O)N(C=N)C2CCOCC2)c(C)c2ccccc12. The molecule has 0 spiro atoms. The second-order valence-corrected chi connectivity index (χ2v) is 8.76. The number of amides is 1. The van der Waals surface area contributed by atoms with Gasteiger partial charge < -0.3 is 4.74 Å². The lowest BCUT2D eigenvalue weighted by molar-refractivity contribution is 0.0474. The van der Waals surface area contributed by atoms with Gasteiger partial charge in [0.05, 0.1) is 6.34 Å². The molecule has 3 aromatic rings. The van der Waals surface area contributed by atoms with Gasteiger partial charge in [0.15, 0.2) is 0 Å². The number of aryl methyl sites for hydroxylation is 4. The van der Waals surface area contributed by atoms with Crippen molar-refractivity contribution in [2.24, 2.45) is 0 Å². The Kier molecular flexibility index (Phi) is 6.87. The second kappa shape index (κ2) is 9.80. The molecule has 1 aliphatic heterocycles. The Hall–Kier alpha value is -2.76. The van der Waals surface area contributed by atoms with E-state index in [1.165, 1.54) is 6.34 Å². The lowest BCUT2D eigenvalue weighted by Crippen LogP contribution is -2.42. The van der Waals surface area contributed by atoms with Gasteiger partial charge in [-0.25, -0.2) is 4.98 Å². The number of halogens is 1. The van der Waals surface area contributed by atoms with E-state index in [0.29, 0.717) is 23.9 Å². The minimum atomic E-state index is -0.112. The van der Waals surface area contributed by atoms with E-state index < -0.39 is 0 Å². The van der Waals surface area contributed by atoms with E-state index in [1.54, 1.807) is 11.1 Å². The summed E-state index contributed by atoms with van der Waals surface area (Å²) in [6.07, 6.45) is 6.07. The fourth-order valence-electron chi connectivity index (χ4n) is 4.53. The number of aromatic nitrogens is 1. The molecule has 0 saturated carbocycles. The number of ether oxygens (including phenoxy) is 1. The van der Waals surface area contributed by atoms with Gasteiger partial charge in [0.25, 0.3) is 5.91 Å². The van der Waals surface area contributed by atoms with Crippen LogP contribution in [0.5, 0.6) is 0 Å². The molecular weight excluding hydrogens is 422 g/mol. The smallest absolute Gasteiger partial charge is 0.259 e. The third kappa shape index (κ3) is 4.54. The van der Waals surface area contributed by atoms with Crippen LogP contribution in [-0.4, -0.2) is 41.4 Å². The second-order valence-electron chi connectivity index (χ2n) is 8.37. The lowest BCUT2D eigenvalue weighted by Gasteiger charge is -2.31. The molecule has 2 heterocycles. The maximum Gasteiger partial charge on any atom is 0.259 e. The molecule has 5 nitrogen and oxygen atoms in total. The quantitative estimate of drug-likeness (QED) is 0.306. The van der Waals surface area contributed by atoms with E-state index in [4.69, 9.17) is 21.7 Å². The molecule has 0 bridgehead atoms. The van der Waals surface area contributed by atoms with Gasteiger partial charge in [0, 0.05) is 31.0 Å². The maximum atomic E-state index is 13.6. The van der Waals surface area contributed by atoms with Crippen LogP contribution < -0.4 is 0 Å². The van der Waals surface area contributed by atoms with Crippen molar-refractivity contribution in [2.75, 3.05) is 13.2 Å². The number of nitrogens with one attached hydrogen (secondary N) is 1. The predicted molar refractivity (Wildman–Crippen MR) is 129 cm³/mol. The number of carbonyl (C=O) groups is 1. The first-order valence-corrected chi connectivity index (χ1v) is 11.4. The highest BCUT2D eigenvalue weighted by Gasteiger charge is 2.27. The summed E-state index contributed by atoms with van der Waals surface area (Å²) in [5.74, 6) is -0.112. The standard InChI is InChI=1S/C26H28ClN3O2/c1-17-15-29-25(27)14-19(17)7-8-20-13-24(18(2)22-5-3-4-6-23(20)22)26(31)30(16-28)21-9-11-32-12-10-21/h3-6,13-16,21,28H,7-12H2,1-2H3. The molecule has 166 valence electrons. The van der Waals surface area contributed by atoms with E-state index in [9.17, 15) is 4.79 Å². The lowest BCUT2D eigenvalue weighted by atomic mass is 9.91. The summed E-state index contributed by atoms with van der Waals surface area (Å²) in [5, 5.41) is 10.7. The minimum Gasteiger partial charge on any atom is -0.381 e. The van der Waals surface area contributed by atoms with E-state index in [1.807, 2.05) is 38.1 Å². The van der Waals surface area contributed by atoms with Crippen molar-refractivity contribution in [3.63, 3.8) is 0 Å². The summed E-state index contributed by atoms with van der Waals surface area (Å²) in [7, 11) is 0. The Morgan fingerprint density at radius 3 is 2.56 bits per heavy atom. The molecule has 1 aliphatic rings. The van der Waals surface area contributed by atoms with Gasteiger partial charge in [-0.15, -0.1) is 0 Å². The zero-order chi connectivity index (χ0) is 22.7. The first-order valence-electron chi connectivity index (χ1n) is 11.0. The van der Waals surface area contributed by atoms with E-state index in [-0.39, 0.29) is 11.9 Å². The molecule has 0 aliphatic carbocycles. The van der Waals surface area contributed by atoms with Crippen LogP contribution in [0.4, 0.5) is 0 Å². The van der Waals surface area contributed by atoms with Crippen molar-refractivity contribution in [3.8, 4) is 0 Å². The van der Waals surface area contributed by atoms with Gasteiger partial charge in [-0.1, -0.05) is 35.9 Å². The van der Waals surface area contributed by atoms with Crippen LogP contribution in [0.3, 0.4) is 0 Å². The summed E-state index contributed by atoms with van der Waals surface area (Å²) in [5.41, 5.74) is 5.01. The van der Waals surface area contributed by atoms with Crippen molar-refractivity contribution < 1.29 is 9.53 Å². The van der Waals surface area contributed by atoms with Crippen molar-refractivity contribution >= 4 is 34.6 Å². The topological polar surface area (TPSA) is 66.3 Å². The molecule has 1 fully saturated rings. The summed E-state index contributed by atoms with van der Waals surface area (Å²) < 4.78 is 5.45. The molecule has 1 saturated heterocycles. The monoisotopic (exact) mass is 449 g/mol. The van der Waals surface area contributed by atoms with E-state index >= 15 is 0 Å². The number of carbonyl (C=O) groups excluding carboxylic acids is 1.